The molecule has 0 bridgehead atoms. The number of hydrogen-bond donors (Lipinski definition) is 1. The Bertz CT molecular complexity index is 830. The molecule has 0 amide bonds. The first-order chi connectivity index (χ1) is 12.5. The van der Waals surface area contributed by atoms with Crippen molar-refractivity contribution in [1.82, 2.24) is 14.8 Å². The number of hydrogen-bond acceptors (Lipinski definition) is 2. The highest BCUT2D eigenvalue weighted by molar-refractivity contribution is 5.41. The van der Waals surface area contributed by atoms with E-state index in [1.807, 2.05) is 0 Å². The standard InChI is InChI=1S/C23H29N3/c1-18-14-22(19(2)26(18)23-8-6-5-7-9-23)16-24-15-20-10-12-21(13-11-20)17-25(3)4/h5-14,24H,15-17H2,1-4H3. The molecule has 0 fully saturated rings. The van der Waals surface area contributed by atoms with Gasteiger partial charge in [0.15, 0.2) is 0 Å². The molecule has 0 atom stereocenters. The van der Waals surface area contributed by atoms with Gasteiger partial charge in [-0.3, -0.25) is 0 Å². The van der Waals surface area contributed by atoms with Crippen LogP contribution >= 0.6 is 0 Å². The lowest BCUT2D eigenvalue weighted by Crippen LogP contribution is -2.14. The first kappa shape index (κ1) is 18.4. The van der Waals surface area contributed by atoms with Crippen molar-refractivity contribution in [2.75, 3.05) is 14.1 Å². The number of nitrogens with one attached hydrogen (secondary N) is 1. The number of para-hydroxylation sites is 1. The van der Waals surface area contributed by atoms with Gasteiger partial charge in [0.25, 0.3) is 0 Å². The van der Waals surface area contributed by atoms with Crippen molar-refractivity contribution in [1.29, 1.82) is 0 Å². The molecule has 0 saturated heterocycles. The van der Waals surface area contributed by atoms with Crippen molar-refractivity contribution in [3.8, 4) is 5.69 Å². The summed E-state index contributed by atoms with van der Waals surface area (Å²) in [5.74, 6) is 0. The molecule has 0 aliphatic carbocycles. The summed E-state index contributed by atoms with van der Waals surface area (Å²) in [6.07, 6.45) is 0. The third-order valence-electron chi connectivity index (χ3n) is 4.72. The van der Waals surface area contributed by atoms with E-state index in [1.165, 1.54) is 33.8 Å². The van der Waals surface area contributed by atoms with Crippen LogP contribution in [-0.2, 0) is 19.6 Å². The predicted molar refractivity (Wildman–Crippen MR) is 110 cm³/mol. The molecule has 3 nitrogen and oxygen atoms in total. The monoisotopic (exact) mass is 347 g/mol. The van der Waals surface area contributed by atoms with E-state index in [0.717, 1.165) is 19.6 Å². The lowest BCUT2D eigenvalue weighted by Gasteiger charge is -2.11. The maximum atomic E-state index is 3.59. The average molecular weight is 348 g/mol. The van der Waals surface area contributed by atoms with Crippen molar-refractivity contribution in [2.24, 2.45) is 0 Å². The van der Waals surface area contributed by atoms with Gasteiger partial charge in [0, 0.05) is 36.7 Å². The van der Waals surface area contributed by atoms with Crippen molar-refractivity contribution in [2.45, 2.75) is 33.5 Å². The lowest BCUT2D eigenvalue weighted by atomic mass is 10.1. The molecule has 1 N–H and O–H groups in total. The number of benzene rings is 2. The average Bonchev–Trinajstić information content (AvgIpc) is 2.90. The van der Waals surface area contributed by atoms with Crippen molar-refractivity contribution < 1.29 is 0 Å². The van der Waals surface area contributed by atoms with Gasteiger partial charge in [-0.05, 0) is 62.8 Å². The second kappa shape index (κ2) is 8.35. The van der Waals surface area contributed by atoms with Crippen LogP contribution in [0.5, 0.6) is 0 Å². The normalized spacial score (nSPS) is 11.3. The van der Waals surface area contributed by atoms with E-state index in [0.29, 0.717) is 0 Å². The molecule has 3 aromatic rings. The number of nitrogens with zero attached hydrogens (tertiary/aromatic N) is 2. The Morgan fingerprint density at radius 1 is 0.846 bits per heavy atom. The fraction of sp³-hybridized carbons (Fsp3) is 0.304. The molecular weight excluding hydrogens is 318 g/mol. The van der Waals surface area contributed by atoms with Crippen molar-refractivity contribution >= 4 is 0 Å². The molecule has 0 spiro atoms. The molecule has 0 aliphatic rings. The first-order valence-electron chi connectivity index (χ1n) is 9.21. The zero-order valence-electron chi connectivity index (χ0n) is 16.3. The van der Waals surface area contributed by atoms with Gasteiger partial charge < -0.3 is 14.8 Å². The molecule has 0 aliphatic heterocycles. The summed E-state index contributed by atoms with van der Waals surface area (Å²) in [7, 11) is 4.20. The fourth-order valence-corrected chi connectivity index (χ4v) is 3.45. The Morgan fingerprint density at radius 3 is 2.15 bits per heavy atom. The van der Waals surface area contributed by atoms with Crippen LogP contribution in [0.1, 0.15) is 28.1 Å². The van der Waals surface area contributed by atoms with Crippen LogP contribution in [-0.4, -0.2) is 23.6 Å². The Balaban J connectivity index is 1.62. The molecule has 26 heavy (non-hydrogen) atoms. The minimum atomic E-state index is 0.881. The van der Waals surface area contributed by atoms with Gasteiger partial charge in [-0.2, -0.15) is 0 Å². The minimum Gasteiger partial charge on any atom is -0.318 e. The van der Waals surface area contributed by atoms with Gasteiger partial charge in [-0.1, -0.05) is 42.5 Å². The molecule has 0 saturated carbocycles. The van der Waals surface area contributed by atoms with Gasteiger partial charge in [-0.25, -0.2) is 0 Å². The molecule has 3 heteroatoms. The Labute approximate surface area is 157 Å². The van der Waals surface area contributed by atoms with E-state index in [2.05, 4.69) is 103 Å². The number of aryl methyl sites for hydroxylation is 1. The van der Waals surface area contributed by atoms with Gasteiger partial charge >= 0.3 is 0 Å². The van der Waals surface area contributed by atoms with Crippen LogP contribution in [0.4, 0.5) is 0 Å². The van der Waals surface area contributed by atoms with Crippen molar-refractivity contribution in [3.05, 3.63) is 88.7 Å². The largest absolute Gasteiger partial charge is 0.318 e. The van der Waals surface area contributed by atoms with E-state index < -0.39 is 0 Å². The van der Waals surface area contributed by atoms with Crippen LogP contribution < -0.4 is 5.32 Å². The molecular formula is C23H29N3. The maximum absolute atomic E-state index is 3.59. The SMILES string of the molecule is Cc1cc(CNCc2ccc(CN(C)C)cc2)c(C)n1-c1ccccc1. The van der Waals surface area contributed by atoms with Gasteiger partial charge in [0.2, 0.25) is 0 Å². The van der Waals surface area contributed by atoms with E-state index in [1.54, 1.807) is 0 Å². The van der Waals surface area contributed by atoms with Crippen molar-refractivity contribution in [3.63, 3.8) is 0 Å². The fourth-order valence-electron chi connectivity index (χ4n) is 3.45. The van der Waals surface area contributed by atoms with Crippen LogP contribution in [0.15, 0.2) is 60.7 Å². The van der Waals surface area contributed by atoms with Gasteiger partial charge in [-0.15, -0.1) is 0 Å². The second-order valence-corrected chi connectivity index (χ2v) is 7.23. The maximum Gasteiger partial charge on any atom is 0.0455 e. The molecule has 3 rings (SSSR count). The minimum absolute atomic E-state index is 0.881. The van der Waals surface area contributed by atoms with E-state index in [9.17, 15) is 0 Å². The van der Waals surface area contributed by atoms with E-state index >= 15 is 0 Å². The zero-order valence-corrected chi connectivity index (χ0v) is 16.3. The Hall–Kier alpha value is -2.36. The molecule has 1 aromatic heterocycles. The third-order valence-corrected chi connectivity index (χ3v) is 4.72. The third kappa shape index (κ3) is 4.43. The summed E-state index contributed by atoms with van der Waals surface area (Å²) in [4.78, 5) is 2.19. The highest BCUT2D eigenvalue weighted by atomic mass is 15.0. The highest BCUT2D eigenvalue weighted by Crippen LogP contribution is 2.20. The second-order valence-electron chi connectivity index (χ2n) is 7.23. The Kier molecular flexibility index (Phi) is 5.92. The highest BCUT2D eigenvalue weighted by Gasteiger charge is 2.10. The van der Waals surface area contributed by atoms with Gasteiger partial charge in [0.1, 0.15) is 0 Å². The molecule has 2 aromatic carbocycles. The van der Waals surface area contributed by atoms with E-state index in [4.69, 9.17) is 0 Å². The first-order valence-corrected chi connectivity index (χ1v) is 9.21. The van der Waals surface area contributed by atoms with Crippen LogP contribution in [0.25, 0.3) is 5.69 Å². The summed E-state index contributed by atoms with van der Waals surface area (Å²) in [5.41, 5.74) is 7.84. The summed E-state index contributed by atoms with van der Waals surface area (Å²) >= 11 is 0. The predicted octanol–water partition coefficient (Wildman–Crippen LogP) is 4.45. The van der Waals surface area contributed by atoms with E-state index in [-0.39, 0.29) is 0 Å². The zero-order chi connectivity index (χ0) is 18.5. The topological polar surface area (TPSA) is 20.2 Å². The van der Waals surface area contributed by atoms with Crippen LogP contribution in [0, 0.1) is 13.8 Å². The summed E-state index contributed by atoms with van der Waals surface area (Å²) in [6, 6.07) is 21.7. The molecule has 0 radical (unpaired) electrons. The Morgan fingerprint density at radius 2 is 1.50 bits per heavy atom. The molecule has 0 unspecified atom stereocenters. The van der Waals surface area contributed by atoms with Gasteiger partial charge in [0.05, 0.1) is 0 Å². The summed E-state index contributed by atoms with van der Waals surface area (Å²) in [5, 5.41) is 3.59. The van der Waals surface area contributed by atoms with Crippen LogP contribution in [0.2, 0.25) is 0 Å². The quantitative estimate of drug-likeness (QED) is 0.681. The smallest absolute Gasteiger partial charge is 0.0455 e. The number of aromatic nitrogens is 1. The van der Waals surface area contributed by atoms with Crippen LogP contribution in [0.3, 0.4) is 0 Å². The molecule has 1 heterocycles. The molecule has 136 valence electrons. The summed E-state index contributed by atoms with van der Waals surface area (Å²) in [6.45, 7) is 7.13. The number of rotatable bonds is 7. The summed E-state index contributed by atoms with van der Waals surface area (Å²) < 4.78 is 2.33. The lowest BCUT2D eigenvalue weighted by molar-refractivity contribution is 0.402.